The molecular formula is C23H26N4O2S. The van der Waals surface area contributed by atoms with Gasteiger partial charge in [0.05, 0.1) is 12.8 Å². The Morgan fingerprint density at radius 1 is 1.10 bits per heavy atom. The van der Waals surface area contributed by atoms with Gasteiger partial charge in [-0.3, -0.25) is 4.99 Å². The Morgan fingerprint density at radius 3 is 2.43 bits per heavy atom. The van der Waals surface area contributed by atoms with E-state index in [4.69, 9.17) is 14.7 Å². The van der Waals surface area contributed by atoms with Gasteiger partial charge in [-0.2, -0.15) is 0 Å². The van der Waals surface area contributed by atoms with Crippen LogP contribution >= 0.6 is 11.8 Å². The van der Waals surface area contributed by atoms with Crippen molar-refractivity contribution >= 4 is 28.5 Å². The van der Waals surface area contributed by atoms with E-state index in [9.17, 15) is 4.79 Å². The lowest BCUT2D eigenvalue weighted by Crippen LogP contribution is -2.48. The number of nitrogens with zero attached hydrogens (tertiary/aromatic N) is 3. The number of aliphatic imine (C=N–C) groups is 2. The van der Waals surface area contributed by atoms with E-state index in [1.54, 1.807) is 18.9 Å². The summed E-state index contributed by atoms with van der Waals surface area (Å²) in [4.78, 5) is 24.4. The Bertz CT molecular complexity index is 949. The second-order valence-corrected chi connectivity index (χ2v) is 8.22. The molecule has 1 fully saturated rings. The van der Waals surface area contributed by atoms with Gasteiger partial charge in [0, 0.05) is 38.0 Å². The van der Waals surface area contributed by atoms with Gasteiger partial charge in [-0.1, -0.05) is 30.3 Å². The average molecular weight is 423 g/mol. The van der Waals surface area contributed by atoms with Crippen molar-refractivity contribution in [3.63, 3.8) is 0 Å². The predicted molar refractivity (Wildman–Crippen MR) is 123 cm³/mol. The van der Waals surface area contributed by atoms with E-state index in [-0.39, 0.29) is 6.03 Å². The molecule has 0 aliphatic carbocycles. The third-order valence-electron chi connectivity index (χ3n) is 5.53. The maximum Gasteiger partial charge on any atom is 0.317 e. The second-order valence-electron chi connectivity index (χ2n) is 7.42. The molecule has 0 aromatic heterocycles. The van der Waals surface area contributed by atoms with Crippen LogP contribution in [0.2, 0.25) is 0 Å². The van der Waals surface area contributed by atoms with E-state index in [2.05, 4.69) is 5.32 Å². The summed E-state index contributed by atoms with van der Waals surface area (Å²) in [5.74, 6) is 0.824. The van der Waals surface area contributed by atoms with Crippen LogP contribution in [0, 0.1) is 0 Å². The molecule has 1 saturated heterocycles. The highest BCUT2D eigenvalue weighted by Crippen LogP contribution is 2.35. The van der Waals surface area contributed by atoms with Gasteiger partial charge < -0.3 is 15.0 Å². The van der Waals surface area contributed by atoms with E-state index in [1.165, 1.54) is 0 Å². The van der Waals surface area contributed by atoms with Crippen LogP contribution in [0.5, 0.6) is 5.75 Å². The molecule has 156 valence electrons. The Hall–Kier alpha value is -2.80. The van der Waals surface area contributed by atoms with E-state index < -0.39 is 5.66 Å². The molecule has 2 heterocycles. The molecule has 0 atom stereocenters. The molecule has 2 aliphatic rings. The van der Waals surface area contributed by atoms with Crippen molar-refractivity contribution in [2.24, 2.45) is 9.98 Å². The zero-order valence-electron chi connectivity index (χ0n) is 17.3. The van der Waals surface area contributed by atoms with Crippen LogP contribution in [-0.4, -0.2) is 53.8 Å². The third kappa shape index (κ3) is 4.36. The topological polar surface area (TPSA) is 66.3 Å². The van der Waals surface area contributed by atoms with E-state index in [0.29, 0.717) is 19.6 Å². The number of hydrogen-bond acceptors (Lipinski definition) is 5. The molecule has 4 rings (SSSR count). The molecule has 2 aliphatic heterocycles. The number of hydrogen-bond donors (Lipinski definition) is 1. The van der Waals surface area contributed by atoms with Gasteiger partial charge >= 0.3 is 6.03 Å². The van der Waals surface area contributed by atoms with Crippen LogP contribution in [0.15, 0.2) is 64.6 Å². The van der Waals surface area contributed by atoms with Gasteiger partial charge in [-0.05, 0) is 36.1 Å². The molecule has 0 bridgehead atoms. The lowest BCUT2D eigenvalue weighted by Gasteiger charge is -2.35. The first-order valence-corrected chi connectivity index (χ1v) is 11.3. The highest BCUT2D eigenvalue weighted by molar-refractivity contribution is 8.15. The minimum Gasteiger partial charge on any atom is -0.497 e. The Labute approximate surface area is 181 Å². The van der Waals surface area contributed by atoms with Crippen molar-refractivity contribution in [3.05, 3.63) is 65.7 Å². The lowest BCUT2D eigenvalue weighted by molar-refractivity contribution is 0.163. The summed E-state index contributed by atoms with van der Waals surface area (Å²) in [5, 5.41) is 3.97. The summed E-state index contributed by atoms with van der Waals surface area (Å²) in [7, 11) is 1.66. The number of methoxy groups -OCH3 is 1. The van der Waals surface area contributed by atoms with E-state index in [0.717, 1.165) is 40.5 Å². The fourth-order valence-corrected chi connectivity index (χ4v) is 4.40. The van der Waals surface area contributed by atoms with Gasteiger partial charge in [-0.25, -0.2) is 9.79 Å². The summed E-state index contributed by atoms with van der Waals surface area (Å²) >= 11 is 1.62. The zero-order chi connectivity index (χ0) is 21.0. The zero-order valence-corrected chi connectivity index (χ0v) is 18.1. The number of thioether (sulfide) groups is 1. The van der Waals surface area contributed by atoms with Crippen molar-refractivity contribution < 1.29 is 9.53 Å². The normalized spacial score (nSPS) is 17.5. The van der Waals surface area contributed by atoms with Crippen LogP contribution in [-0.2, 0) is 6.54 Å². The van der Waals surface area contributed by atoms with Gasteiger partial charge in [0.2, 0.25) is 0 Å². The molecule has 0 unspecified atom stereocenters. The first-order valence-electron chi connectivity index (χ1n) is 10.1. The van der Waals surface area contributed by atoms with Gasteiger partial charge in [0.15, 0.2) is 5.66 Å². The van der Waals surface area contributed by atoms with Crippen LogP contribution in [0.25, 0.3) is 0 Å². The van der Waals surface area contributed by atoms with Crippen molar-refractivity contribution in [2.75, 3.05) is 26.5 Å². The molecule has 30 heavy (non-hydrogen) atoms. The van der Waals surface area contributed by atoms with Crippen molar-refractivity contribution in [2.45, 2.75) is 25.0 Å². The number of nitrogens with one attached hydrogen (secondary N) is 1. The fraction of sp³-hybridized carbons (Fsp3) is 0.348. The maximum atomic E-state index is 12.6. The number of amides is 2. The van der Waals surface area contributed by atoms with Crippen molar-refractivity contribution in [1.29, 1.82) is 0 Å². The fourth-order valence-electron chi connectivity index (χ4n) is 3.78. The van der Waals surface area contributed by atoms with E-state index >= 15 is 0 Å². The maximum absolute atomic E-state index is 12.6. The lowest BCUT2D eigenvalue weighted by atomic mass is 9.98. The van der Waals surface area contributed by atoms with Gasteiger partial charge in [-0.15, -0.1) is 11.8 Å². The average Bonchev–Trinajstić information content (AvgIpc) is 3.17. The molecule has 0 saturated carbocycles. The molecule has 7 heteroatoms. The Kier molecular flexibility index (Phi) is 6.08. The summed E-state index contributed by atoms with van der Waals surface area (Å²) in [6.07, 6.45) is 3.49. The molecular weight excluding hydrogens is 396 g/mol. The monoisotopic (exact) mass is 422 g/mol. The van der Waals surface area contributed by atoms with Crippen LogP contribution < -0.4 is 10.1 Å². The first kappa shape index (κ1) is 20.5. The minimum atomic E-state index is -0.455. The molecule has 2 aromatic rings. The number of likely N-dealkylation sites (tertiary alicyclic amines) is 1. The molecule has 2 aromatic carbocycles. The first-order chi connectivity index (χ1) is 14.6. The van der Waals surface area contributed by atoms with Gasteiger partial charge in [0.25, 0.3) is 0 Å². The summed E-state index contributed by atoms with van der Waals surface area (Å²) < 4.78 is 5.26. The highest BCUT2D eigenvalue weighted by atomic mass is 32.2. The summed E-state index contributed by atoms with van der Waals surface area (Å²) in [5.41, 5.74) is 2.62. The number of carbonyl (C=O) groups excluding carboxylic acids is 1. The number of benzene rings is 2. The van der Waals surface area contributed by atoms with Crippen LogP contribution in [0.3, 0.4) is 0 Å². The Morgan fingerprint density at radius 2 is 1.80 bits per heavy atom. The number of urea groups is 1. The predicted octanol–water partition coefficient (Wildman–Crippen LogP) is 3.96. The largest absolute Gasteiger partial charge is 0.497 e. The second kappa shape index (κ2) is 8.92. The number of piperidine rings is 1. The molecule has 6 nitrogen and oxygen atoms in total. The van der Waals surface area contributed by atoms with Crippen LogP contribution in [0.1, 0.15) is 24.0 Å². The van der Waals surface area contributed by atoms with Crippen LogP contribution in [0.4, 0.5) is 4.79 Å². The number of ether oxygens (including phenoxy) is 1. The quantitative estimate of drug-likeness (QED) is 0.811. The number of rotatable bonds is 4. The highest BCUT2D eigenvalue weighted by Gasteiger charge is 2.40. The Balaban J connectivity index is 1.40. The smallest absolute Gasteiger partial charge is 0.317 e. The molecule has 0 radical (unpaired) electrons. The van der Waals surface area contributed by atoms with Gasteiger partial charge in [0.1, 0.15) is 10.8 Å². The molecule has 1 spiro atoms. The summed E-state index contributed by atoms with van der Waals surface area (Å²) in [6.45, 7) is 1.83. The summed E-state index contributed by atoms with van der Waals surface area (Å²) in [6, 6.07) is 17.9. The standard InChI is InChI=1S/C23H26N4O2S/c1-29-19-10-8-18(9-11-19)20-21(30-2)26-23(25-20)12-14-27(15-13-23)22(28)24-16-17-6-4-3-5-7-17/h3-11H,12-16H2,1-2H3,(H,24,28). The third-order valence-corrected chi connectivity index (χ3v) is 6.20. The SMILES string of the molecule is COc1ccc(C2=NC3(CCN(C(=O)NCc4ccccc4)CC3)N=C2SC)cc1. The number of carbonyl (C=O) groups is 1. The molecule has 2 amide bonds. The minimum absolute atomic E-state index is 0.0277. The van der Waals surface area contributed by atoms with Crippen molar-refractivity contribution in [1.82, 2.24) is 10.2 Å². The van der Waals surface area contributed by atoms with E-state index in [1.807, 2.05) is 65.8 Å². The molecule has 1 N–H and O–H groups in total. The van der Waals surface area contributed by atoms with Crippen molar-refractivity contribution in [3.8, 4) is 5.75 Å².